The summed E-state index contributed by atoms with van der Waals surface area (Å²) in [5.41, 5.74) is 0.943. The van der Waals surface area contributed by atoms with Crippen LogP contribution in [0.15, 0.2) is 24.5 Å². The molecule has 0 fully saturated rings. The molecule has 1 rings (SSSR count). The molecule has 4 heteroatoms. The van der Waals surface area contributed by atoms with Crippen molar-refractivity contribution in [2.45, 2.75) is 12.5 Å². The summed E-state index contributed by atoms with van der Waals surface area (Å²) < 4.78 is 0. The van der Waals surface area contributed by atoms with Gasteiger partial charge in [0.15, 0.2) is 0 Å². The zero-order valence-electron chi connectivity index (χ0n) is 7.96. The number of amides is 1. The number of hydrogen-bond acceptors (Lipinski definition) is 3. The van der Waals surface area contributed by atoms with Gasteiger partial charge in [0.05, 0.1) is 6.04 Å². The highest BCUT2D eigenvalue weighted by molar-refractivity contribution is 5.64. The second kappa shape index (κ2) is 5.11. The molecule has 0 aliphatic carbocycles. The molecule has 1 heterocycles. The molecule has 74 valence electrons. The van der Waals surface area contributed by atoms with Gasteiger partial charge in [0.25, 0.3) is 0 Å². The van der Waals surface area contributed by atoms with Crippen LogP contribution in [-0.4, -0.2) is 35.7 Å². The van der Waals surface area contributed by atoms with Gasteiger partial charge in [-0.05, 0) is 11.6 Å². The molecule has 0 spiro atoms. The van der Waals surface area contributed by atoms with Crippen molar-refractivity contribution in [2.75, 3.05) is 7.05 Å². The highest BCUT2D eigenvalue weighted by atomic mass is 16.1. The molecule has 1 aromatic rings. The van der Waals surface area contributed by atoms with E-state index in [1.165, 1.54) is 4.90 Å². The van der Waals surface area contributed by atoms with E-state index in [1.807, 2.05) is 6.07 Å². The normalized spacial score (nSPS) is 11.8. The summed E-state index contributed by atoms with van der Waals surface area (Å²) in [6.45, 7) is 0. The largest absolute Gasteiger partial charge is 0.338 e. The predicted octanol–water partition coefficient (Wildman–Crippen LogP) is 0.280. The smallest absolute Gasteiger partial charge is 0.210 e. The first-order chi connectivity index (χ1) is 6.77. The van der Waals surface area contributed by atoms with Crippen molar-refractivity contribution in [1.29, 1.82) is 0 Å². The summed E-state index contributed by atoms with van der Waals surface area (Å²) in [6, 6.07) is 3.27. The van der Waals surface area contributed by atoms with E-state index in [4.69, 9.17) is 0 Å². The van der Waals surface area contributed by atoms with Gasteiger partial charge in [-0.15, -0.1) is 0 Å². The second-order valence-electron chi connectivity index (χ2n) is 3.04. The quantitative estimate of drug-likeness (QED) is 0.629. The van der Waals surface area contributed by atoms with E-state index in [0.717, 1.165) is 11.8 Å². The standard InChI is InChI=1S/C10H12N2O2/c1-12(8-14)10(7-13)5-9-3-2-4-11-6-9/h2-4,6-8,10H,5H2,1H3. The maximum atomic E-state index is 10.7. The van der Waals surface area contributed by atoms with Crippen LogP contribution in [0.3, 0.4) is 0 Å². The fourth-order valence-corrected chi connectivity index (χ4v) is 1.13. The minimum Gasteiger partial charge on any atom is -0.338 e. The van der Waals surface area contributed by atoms with Gasteiger partial charge in [-0.3, -0.25) is 9.78 Å². The fraction of sp³-hybridized carbons (Fsp3) is 0.300. The molecule has 0 N–H and O–H groups in total. The van der Waals surface area contributed by atoms with Gasteiger partial charge in [0.1, 0.15) is 6.29 Å². The van der Waals surface area contributed by atoms with Crippen LogP contribution in [0.2, 0.25) is 0 Å². The maximum absolute atomic E-state index is 10.7. The van der Waals surface area contributed by atoms with E-state index >= 15 is 0 Å². The van der Waals surface area contributed by atoms with Crippen LogP contribution in [-0.2, 0) is 16.0 Å². The molecule has 1 aromatic heterocycles. The number of aromatic nitrogens is 1. The molecule has 4 nitrogen and oxygen atoms in total. The number of pyridine rings is 1. The zero-order chi connectivity index (χ0) is 10.4. The number of hydrogen-bond donors (Lipinski definition) is 0. The van der Waals surface area contributed by atoms with E-state index in [1.54, 1.807) is 25.5 Å². The molecule has 0 aromatic carbocycles. The lowest BCUT2D eigenvalue weighted by Gasteiger charge is -2.18. The Hall–Kier alpha value is -1.71. The average molecular weight is 192 g/mol. The van der Waals surface area contributed by atoms with Gasteiger partial charge in [0.2, 0.25) is 6.41 Å². The average Bonchev–Trinajstić information content (AvgIpc) is 2.26. The monoisotopic (exact) mass is 192 g/mol. The third-order valence-electron chi connectivity index (χ3n) is 2.01. The predicted molar refractivity (Wildman–Crippen MR) is 51.6 cm³/mol. The highest BCUT2D eigenvalue weighted by Gasteiger charge is 2.12. The van der Waals surface area contributed by atoms with Crippen LogP contribution >= 0.6 is 0 Å². The molecule has 0 radical (unpaired) electrons. The second-order valence-corrected chi connectivity index (χ2v) is 3.04. The van der Waals surface area contributed by atoms with Gasteiger partial charge in [-0.2, -0.15) is 0 Å². The Morgan fingerprint density at radius 2 is 2.36 bits per heavy atom. The lowest BCUT2D eigenvalue weighted by atomic mass is 10.1. The van der Waals surface area contributed by atoms with Crippen molar-refractivity contribution in [3.63, 3.8) is 0 Å². The topological polar surface area (TPSA) is 50.3 Å². The Kier molecular flexibility index (Phi) is 3.79. The summed E-state index contributed by atoms with van der Waals surface area (Å²) in [4.78, 5) is 26.4. The molecule has 0 saturated carbocycles. The summed E-state index contributed by atoms with van der Waals surface area (Å²) >= 11 is 0. The SMILES string of the molecule is CN(C=O)C(C=O)Cc1cccnc1. The first-order valence-corrected chi connectivity index (χ1v) is 4.29. The van der Waals surface area contributed by atoms with E-state index in [9.17, 15) is 9.59 Å². The van der Waals surface area contributed by atoms with Crippen molar-refractivity contribution in [3.8, 4) is 0 Å². The van der Waals surface area contributed by atoms with Crippen molar-refractivity contribution in [2.24, 2.45) is 0 Å². The van der Waals surface area contributed by atoms with Crippen LogP contribution in [0, 0.1) is 0 Å². The van der Waals surface area contributed by atoms with Crippen molar-refractivity contribution < 1.29 is 9.59 Å². The molecule has 0 aliphatic heterocycles. The van der Waals surface area contributed by atoms with Crippen LogP contribution in [0.1, 0.15) is 5.56 Å². The lowest BCUT2D eigenvalue weighted by molar-refractivity contribution is -0.124. The van der Waals surface area contributed by atoms with E-state index < -0.39 is 6.04 Å². The van der Waals surface area contributed by atoms with Crippen molar-refractivity contribution >= 4 is 12.7 Å². The first-order valence-electron chi connectivity index (χ1n) is 4.29. The Morgan fingerprint density at radius 3 is 2.86 bits per heavy atom. The number of rotatable bonds is 5. The molecule has 0 bridgehead atoms. The molecule has 0 saturated heterocycles. The van der Waals surface area contributed by atoms with Crippen LogP contribution in [0.25, 0.3) is 0 Å². The van der Waals surface area contributed by atoms with Crippen LogP contribution in [0.4, 0.5) is 0 Å². The Labute approximate surface area is 82.6 Å². The van der Waals surface area contributed by atoms with Gasteiger partial charge >= 0.3 is 0 Å². The molecule has 1 amide bonds. The minimum atomic E-state index is -0.406. The number of carbonyl (C=O) groups excluding carboxylic acids is 2. The Bertz CT molecular complexity index is 300. The van der Waals surface area contributed by atoms with Gasteiger partial charge in [0, 0.05) is 25.9 Å². The molecule has 0 aliphatic rings. The Morgan fingerprint density at radius 1 is 1.57 bits per heavy atom. The van der Waals surface area contributed by atoms with E-state index in [2.05, 4.69) is 4.98 Å². The van der Waals surface area contributed by atoms with Crippen molar-refractivity contribution in [3.05, 3.63) is 30.1 Å². The molecule has 1 atom stereocenters. The van der Waals surface area contributed by atoms with E-state index in [-0.39, 0.29) is 0 Å². The van der Waals surface area contributed by atoms with Gasteiger partial charge < -0.3 is 9.69 Å². The fourth-order valence-electron chi connectivity index (χ4n) is 1.13. The highest BCUT2D eigenvalue weighted by Crippen LogP contribution is 2.03. The number of nitrogens with zero attached hydrogens (tertiary/aromatic N) is 2. The summed E-state index contributed by atoms with van der Waals surface area (Å²) in [5, 5.41) is 0. The van der Waals surface area contributed by atoms with E-state index in [0.29, 0.717) is 12.8 Å². The molecular formula is C10H12N2O2. The maximum Gasteiger partial charge on any atom is 0.210 e. The van der Waals surface area contributed by atoms with Crippen LogP contribution in [0.5, 0.6) is 0 Å². The van der Waals surface area contributed by atoms with Crippen molar-refractivity contribution in [1.82, 2.24) is 9.88 Å². The number of aldehydes is 1. The molecule has 14 heavy (non-hydrogen) atoms. The summed E-state index contributed by atoms with van der Waals surface area (Å²) in [5.74, 6) is 0. The third-order valence-corrected chi connectivity index (χ3v) is 2.01. The number of carbonyl (C=O) groups is 2. The first kappa shape index (κ1) is 10.4. The van der Waals surface area contributed by atoms with Gasteiger partial charge in [-0.1, -0.05) is 6.07 Å². The third kappa shape index (κ3) is 2.65. The summed E-state index contributed by atoms with van der Waals surface area (Å²) in [7, 11) is 1.59. The molecule has 1 unspecified atom stereocenters. The minimum absolute atomic E-state index is 0.406. The van der Waals surface area contributed by atoms with Gasteiger partial charge in [-0.25, -0.2) is 0 Å². The Balaban J connectivity index is 2.66. The number of likely N-dealkylation sites (N-methyl/N-ethyl adjacent to an activating group) is 1. The zero-order valence-corrected chi connectivity index (χ0v) is 7.96. The lowest BCUT2D eigenvalue weighted by Crippen LogP contribution is -2.33. The van der Waals surface area contributed by atoms with Crippen LogP contribution < -0.4 is 0 Å². The summed E-state index contributed by atoms with van der Waals surface area (Å²) in [6.07, 6.45) is 5.28. The molecular weight excluding hydrogens is 180 g/mol.